The van der Waals surface area contributed by atoms with Crippen LogP contribution < -0.4 is 0 Å². The van der Waals surface area contributed by atoms with Gasteiger partial charge in [0.1, 0.15) is 0 Å². The maximum Gasteiger partial charge on any atom is 0.253 e. The Balaban J connectivity index is 1.20. The van der Waals surface area contributed by atoms with Gasteiger partial charge in [-0.15, -0.1) is 0 Å². The molecule has 0 aromatic heterocycles. The van der Waals surface area contributed by atoms with Crippen LogP contribution >= 0.6 is 0 Å². The van der Waals surface area contributed by atoms with Gasteiger partial charge in [0, 0.05) is 71.0 Å². The van der Waals surface area contributed by atoms with Gasteiger partial charge in [0.05, 0.1) is 32.0 Å². The van der Waals surface area contributed by atoms with E-state index in [0.717, 1.165) is 84.1 Å². The number of carbonyl (C=O) groups excluding carboxylic acids is 1. The van der Waals surface area contributed by atoms with Crippen LogP contribution in [0.1, 0.15) is 16.8 Å². The minimum atomic E-state index is -0.345. The van der Waals surface area contributed by atoms with Crippen molar-refractivity contribution in [3.05, 3.63) is 35.9 Å². The summed E-state index contributed by atoms with van der Waals surface area (Å²) in [5.41, 5.74) is 0.767. The molecule has 3 heterocycles. The molecule has 3 aliphatic heterocycles. The van der Waals surface area contributed by atoms with Gasteiger partial charge in [-0.2, -0.15) is 0 Å². The molecule has 8 heteroatoms. The average molecular weight is 447 g/mol. The Hall–Kier alpha value is -1.55. The number of hydrogen-bond acceptors (Lipinski definition) is 7. The second kappa shape index (κ2) is 12.1. The fraction of sp³-hybridized carbons (Fsp3) is 0.708. The summed E-state index contributed by atoms with van der Waals surface area (Å²) in [6.07, 6.45) is 0.783. The minimum absolute atomic E-state index is 0.127. The first kappa shape index (κ1) is 23.6. The highest BCUT2D eigenvalue weighted by Crippen LogP contribution is 2.13. The van der Waals surface area contributed by atoms with Gasteiger partial charge >= 0.3 is 0 Å². The lowest BCUT2D eigenvalue weighted by Crippen LogP contribution is -2.51. The largest absolute Gasteiger partial charge is 0.390 e. The summed E-state index contributed by atoms with van der Waals surface area (Å²) < 4.78 is 11.4. The van der Waals surface area contributed by atoms with Crippen molar-refractivity contribution in [2.75, 3.05) is 91.8 Å². The van der Waals surface area contributed by atoms with Gasteiger partial charge in [0.2, 0.25) is 0 Å². The molecule has 1 amide bonds. The monoisotopic (exact) mass is 446 g/mol. The smallest absolute Gasteiger partial charge is 0.253 e. The zero-order chi connectivity index (χ0) is 22.2. The second-order valence-electron chi connectivity index (χ2n) is 9.13. The molecule has 1 N–H and O–H groups in total. The fourth-order valence-corrected chi connectivity index (χ4v) is 4.90. The summed E-state index contributed by atoms with van der Waals surface area (Å²) in [6, 6.07) is 9.56. The lowest BCUT2D eigenvalue weighted by molar-refractivity contribution is -0.0574. The standard InChI is InChI=1S/C24H38N4O4/c29-22(17-26-11-14-31-15-12-26)18-27-13-16-32-23(20-27)19-25-7-4-8-28(10-9-25)24(30)21-5-2-1-3-6-21/h1-3,5-6,22-23,29H,4,7-20H2. The number of amides is 1. The van der Waals surface area contributed by atoms with E-state index in [9.17, 15) is 9.90 Å². The lowest BCUT2D eigenvalue weighted by atomic mass is 10.2. The molecule has 178 valence electrons. The van der Waals surface area contributed by atoms with Crippen molar-refractivity contribution in [2.45, 2.75) is 18.6 Å². The Bertz CT molecular complexity index is 700. The summed E-state index contributed by atoms with van der Waals surface area (Å²) >= 11 is 0. The van der Waals surface area contributed by atoms with Gasteiger partial charge in [-0.25, -0.2) is 0 Å². The molecule has 2 atom stereocenters. The Kier molecular flexibility index (Phi) is 8.90. The Morgan fingerprint density at radius 2 is 1.66 bits per heavy atom. The summed E-state index contributed by atoms with van der Waals surface area (Å²) in [6.45, 7) is 11.5. The van der Waals surface area contributed by atoms with Gasteiger partial charge in [-0.05, 0) is 25.1 Å². The highest BCUT2D eigenvalue weighted by molar-refractivity contribution is 5.94. The van der Waals surface area contributed by atoms with Gasteiger partial charge < -0.3 is 19.5 Å². The van der Waals surface area contributed by atoms with E-state index in [0.29, 0.717) is 19.7 Å². The molecule has 8 nitrogen and oxygen atoms in total. The number of morpholine rings is 2. The SMILES string of the molecule is O=C(c1ccccc1)N1CCCN(CC2CN(CC(O)CN3CCOCC3)CCO2)CC1. The summed E-state index contributed by atoms with van der Waals surface area (Å²) in [5, 5.41) is 10.6. The summed E-state index contributed by atoms with van der Waals surface area (Å²) in [7, 11) is 0. The maximum absolute atomic E-state index is 12.8. The van der Waals surface area contributed by atoms with Gasteiger partial charge in [0.25, 0.3) is 5.91 Å². The molecule has 3 aliphatic rings. The van der Waals surface area contributed by atoms with Crippen LogP contribution in [0.4, 0.5) is 0 Å². The topological polar surface area (TPSA) is 68.7 Å². The zero-order valence-electron chi connectivity index (χ0n) is 19.1. The van der Waals surface area contributed by atoms with E-state index in [1.807, 2.05) is 35.2 Å². The van der Waals surface area contributed by atoms with E-state index < -0.39 is 0 Å². The van der Waals surface area contributed by atoms with Gasteiger partial charge in [-0.1, -0.05) is 18.2 Å². The molecule has 0 saturated carbocycles. The number of hydrogen-bond donors (Lipinski definition) is 1. The predicted octanol–water partition coefficient (Wildman–Crippen LogP) is 0.228. The van der Waals surface area contributed by atoms with E-state index in [1.54, 1.807) is 0 Å². The normalized spacial score (nSPS) is 25.4. The first-order valence-corrected chi connectivity index (χ1v) is 12.1. The Morgan fingerprint density at radius 1 is 0.906 bits per heavy atom. The first-order chi connectivity index (χ1) is 15.7. The molecule has 32 heavy (non-hydrogen) atoms. The van der Waals surface area contributed by atoms with Crippen molar-refractivity contribution >= 4 is 5.91 Å². The molecule has 4 rings (SSSR count). The molecule has 3 saturated heterocycles. The number of ether oxygens (including phenoxy) is 2. The molecule has 0 spiro atoms. The third kappa shape index (κ3) is 6.97. The molecular formula is C24H38N4O4. The fourth-order valence-electron chi connectivity index (χ4n) is 4.90. The van der Waals surface area contributed by atoms with Crippen molar-refractivity contribution in [3.63, 3.8) is 0 Å². The van der Waals surface area contributed by atoms with Crippen LogP contribution in [0.25, 0.3) is 0 Å². The van der Waals surface area contributed by atoms with Crippen molar-refractivity contribution in [2.24, 2.45) is 0 Å². The quantitative estimate of drug-likeness (QED) is 0.643. The van der Waals surface area contributed by atoms with Crippen molar-refractivity contribution in [1.82, 2.24) is 19.6 Å². The summed E-state index contributed by atoms with van der Waals surface area (Å²) in [4.78, 5) is 21.8. The van der Waals surface area contributed by atoms with Crippen LogP contribution in [0, 0.1) is 0 Å². The van der Waals surface area contributed by atoms with E-state index in [4.69, 9.17) is 9.47 Å². The van der Waals surface area contributed by atoms with Crippen LogP contribution in [0.2, 0.25) is 0 Å². The van der Waals surface area contributed by atoms with E-state index in [1.165, 1.54) is 0 Å². The van der Waals surface area contributed by atoms with Crippen LogP contribution in [0.5, 0.6) is 0 Å². The molecule has 1 aromatic rings. The number of aliphatic hydroxyl groups is 1. The highest BCUT2D eigenvalue weighted by atomic mass is 16.5. The summed E-state index contributed by atoms with van der Waals surface area (Å²) in [5.74, 6) is 0.127. The zero-order valence-corrected chi connectivity index (χ0v) is 19.1. The average Bonchev–Trinajstić information content (AvgIpc) is 3.05. The van der Waals surface area contributed by atoms with Crippen molar-refractivity contribution in [3.8, 4) is 0 Å². The Morgan fingerprint density at radius 3 is 2.47 bits per heavy atom. The number of carbonyl (C=O) groups is 1. The third-order valence-electron chi connectivity index (χ3n) is 6.62. The minimum Gasteiger partial charge on any atom is -0.390 e. The molecular weight excluding hydrogens is 408 g/mol. The van der Waals surface area contributed by atoms with E-state index >= 15 is 0 Å². The predicted molar refractivity (Wildman–Crippen MR) is 123 cm³/mol. The number of aliphatic hydroxyl groups excluding tert-OH is 1. The van der Waals surface area contributed by atoms with Gasteiger partial charge in [-0.3, -0.25) is 19.5 Å². The third-order valence-corrected chi connectivity index (χ3v) is 6.62. The Labute approximate surface area is 191 Å². The van der Waals surface area contributed by atoms with Gasteiger partial charge in [0.15, 0.2) is 0 Å². The molecule has 0 bridgehead atoms. The highest BCUT2D eigenvalue weighted by Gasteiger charge is 2.27. The number of nitrogens with zero attached hydrogens (tertiary/aromatic N) is 4. The van der Waals surface area contributed by atoms with Crippen molar-refractivity contribution in [1.29, 1.82) is 0 Å². The van der Waals surface area contributed by atoms with Crippen LogP contribution in [0.15, 0.2) is 30.3 Å². The molecule has 1 aromatic carbocycles. The molecule has 0 radical (unpaired) electrons. The number of β-amino-alcohol motifs (C(OH)–C–C–N with tert-alkyl or cyclic N) is 1. The van der Waals surface area contributed by atoms with Crippen LogP contribution in [-0.2, 0) is 9.47 Å². The van der Waals surface area contributed by atoms with E-state index in [-0.39, 0.29) is 18.1 Å². The van der Waals surface area contributed by atoms with Crippen LogP contribution in [0.3, 0.4) is 0 Å². The lowest BCUT2D eigenvalue weighted by Gasteiger charge is -2.37. The molecule has 0 aliphatic carbocycles. The first-order valence-electron chi connectivity index (χ1n) is 12.1. The maximum atomic E-state index is 12.8. The van der Waals surface area contributed by atoms with Crippen LogP contribution in [-0.4, -0.2) is 135 Å². The molecule has 3 fully saturated rings. The number of rotatable bonds is 7. The van der Waals surface area contributed by atoms with Crippen molar-refractivity contribution < 1.29 is 19.4 Å². The second-order valence-corrected chi connectivity index (χ2v) is 9.13. The number of benzene rings is 1. The molecule has 2 unspecified atom stereocenters. The van der Waals surface area contributed by atoms with E-state index in [2.05, 4.69) is 14.7 Å².